The number of hydrogen-bond acceptors (Lipinski definition) is 4. The van der Waals surface area contributed by atoms with Gasteiger partial charge in [0.1, 0.15) is 0 Å². The zero-order chi connectivity index (χ0) is 15.5. The Balaban J connectivity index is 1.48. The number of likely N-dealkylation sites (tertiary alicyclic amines) is 2. The third kappa shape index (κ3) is 4.00. The average Bonchev–Trinajstić information content (AvgIpc) is 3.04. The molecule has 2 aliphatic heterocycles. The second-order valence-electron chi connectivity index (χ2n) is 7.46. The summed E-state index contributed by atoms with van der Waals surface area (Å²) in [6, 6.07) is 0.834. The molecule has 0 radical (unpaired) electrons. The largest absolute Gasteiger partial charge is 0.395 e. The van der Waals surface area contributed by atoms with E-state index in [1.165, 1.54) is 32.1 Å². The molecule has 3 aliphatic rings. The fourth-order valence-electron chi connectivity index (χ4n) is 4.01. The minimum absolute atomic E-state index is 0.274. The lowest BCUT2D eigenvalue weighted by Gasteiger charge is -2.31. The number of carbonyl (C=O) groups is 1. The first kappa shape index (κ1) is 16.2. The van der Waals surface area contributed by atoms with Crippen LogP contribution < -0.4 is 0 Å². The van der Waals surface area contributed by atoms with Gasteiger partial charge >= 0.3 is 0 Å². The van der Waals surface area contributed by atoms with E-state index in [-0.39, 0.29) is 12.5 Å². The first-order chi connectivity index (χ1) is 10.7. The van der Waals surface area contributed by atoms with Crippen molar-refractivity contribution in [2.75, 3.05) is 46.4 Å². The van der Waals surface area contributed by atoms with E-state index >= 15 is 0 Å². The molecule has 0 bridgehead atoms. The fraction of sp³-hybridized carbons (Fsp3) is 0.941. The summed E-state index contributed by atoms with van der Waals surface area (Å²) in [4.78, 5) is 19.1. The molecule has 2 unspecified atom stereocenters. The van der Waals surface area contributed by atoms with Gasteiger partial charge in [-0.25, -0.2) is 0 Å². The smallest absolute Gasteiger partial charge is 0.236 e. The van der Waals surface area contributed by atoms with Crippen molar-refractivity contribution < 1.29 is 9.90 Å². The summed E-state index contributed by atoms with van der Waals surface area (Å²) in [6.45, 7) is 4.96. The molecule has 0 aromatic rings. The molecule has 1 aliphatic carbocycles. The summed E-state index contributed by atoms with van der Waals surface area (Å²) < 4.78 is 0. The summed E-state index contributed by atoms with van der Waals surface area (Å²) in [7, 11) is 1.95. The third-order valence-electron chi connectivity index (χ3n) is 5.65. The van der Waals surface area contributed by atoms with Crippen molar-refractivity contribution in [1.29, 1.82) is 0 Å². The molecule has 126 valence electrons. The minimum Gasteiger partial charge on any atom is -0.395 e. The van der Waals surface area contributed by atoms with Crippen molar-refractivity contribution in [3.05, 3.63) is 0 Å². The van der Waals surface area contributed by atoms with Crippen LogP contribution in [0.5, 0.6) is 0 Å². The molecule has 2 saturated heterocycles. The molecule has 22 heavy (non-hydrogen) atoms. The van der Waals surface area contributed by atoms with Gasteiger partial charge < -0.3 is 10.0 Å². The number of likely N-dealkylation sites (N-methyl/N-ethyl adjacent to an activating group) is 1. The van der Waals surface area contributed by atoms with Crippen molar-refractivity contribution in [1.82, 2.24) is 14.7 Å². The van der Waals surface area contributed by atoms with Crippen molar-refractivity contribution >= 4 is 5.91 Å². The van der Waals surface area contributed by atoms with E-state index in [1.54, 1.807) is 0 Å². The predicted octanol–water partition coefficient (Wildman–Crippen LogP) is 0.776. The van der Waals surface area contributed by atoms with E-state index < -0.39 is 0 Å². The van der Waals surface area contributed by atoms with Crippen LogP contribution in [-0.4, -0.2) is 84.2 Å². The van der Waals surface area contributed by atoms with Gasteiger partial charge in [-0.3, -0.25) is 14.6 Å². The number of nitrogens with zero attached hydrogens (tertiary/aromatic N) is 3. The molecule has 1 amide bonds. The number of carbonyl (C=O) groups excluding carboxylic acids is 1. The Bertz CT molecular complexity index is 386. The number of aliphatic hydroxyl groups excluding tert-OH is 1. The summed E-state index contributed by atoms with van der Waals surface area (Å²) in [5.74, 6) is 1.04. The van der Waals surface area contributed by atoms with E-state index in [0.717, 1.165) is 38.5 Å². The normalized spacial score (nSPS) is 30.1. The van der Waals surface area contributed by atoms with Gasteiger partial charge in [0.15, 0.2) is 0 Å². The number of aliphatic hydroxyl groups is 1. The van der Waals surface area contributed by atoms with Crippen LogP contribution in [0.2, 0.25) is 0 Å². The Hall–Kier alpha value is -0.650. The zero-order valence-corrected chi connectivity index (χ0v) is 13.9. The fourth-order valence-corrected chi connectivity index (χ4v) is 4.01. The molecule has 1 saturated carbocycles. The molecular weight excluding hydrogens is 278 g/mol. The lowest BCUT2D eigenvalue weighted by Crippen LogP contribution is -2.47. The second-order valence-corrected chi connectivity index (χ2v) is 7.46. The van der Waals surface area contributed by atoms with Crippen LogP contribution in [0.1, 0.15) is 38.5 Å². The monoisotopic (exact) mass is 309 g/mol. The Labute approximate surface area is 134 Å². The van der Waals surface area contributed by atoms with Crippen LogP contribution in [0, 0.1) is 5.92 Å². The van der Waals surface area contributed by atoms with Gasteiger partial charge in [-0.1, -0.05) is 0 Å². The maximum absolute atomic E-state index is 12.4. The molecule has 1 N–H and O–H groups in total. The molecule has 5 heteroatoms. The molecule has 2 heterocycles. The highest BCUT2D eigenvalue weighted by Crippen LogP contribution is 2.29. The van der Waals surface area contributed by atoms with E-state index in [2.05, 4.69) is 9.80 Å². The first-order valence-corrected chi connectivity index (χ1v) is 9.00. The van der Waals surface area contributed by atoms with Gasteiger partial charge in [0.2, 0.25) is 5.91 Å². The number of rotatable bonds is 7. The lowest BCUT2D eigenvalue weighted by atomic mass is 10.2. The van der Waals surface area contributed by atoms with E-state index in [1.807, 2.05) is 11.9 Å². The lowest BCUT2D eigenvalue weighted by molar-refractivity contribution is -0.131. The second kappa shape index (κ2) is 7.28. The molecular formula is C17H31N3O2. The number of hydrogen-bond donors (Lipinski definition) is 1. The van der Waals surface area contributed by atoms with Gasteiger partial charge in [-0.15, -0.1) is 0 Å². The topological polar surface area (TPSA) is 47.0 Å². The van der Waals surface area contributed by atoms with E-state index in [4.69, 9.17) is 0 Å². The van der Waals surface area contributed by atoms with E-state index in [0.29, 0.717) is 18.6 Å². The molecule has 0 aromatic heterocycles. The van der Waals surface area contributed by atoms with Crippen molar-refractivity contribution in [2.45, 2.75) is 50.6 Å². The van der Waals surface area contributed by atoms with Gasteiger partial charge in [0.25, 0.3) is 0 Å². The molecule has 0 spiro atoms. The van der Waals surface area contributed by atoms with Crippen molar-refractivity contribution in [2.24, 2.45) is 5.92 Å². The van der Waals surface area contributed by atoms with Crippen molar-refractivity contribution in [3.8, 4) is 0 Å². The van der Waals surface area contributed by atoms with Gasteiger partial charge in [0.05, 0.1) is 13.2 Å². The van der Waals surface area contributed by atoms with Crippen LogP contribution >= 0.6 is 0 Å². The first-order valence-electron chi connectivity index (χ1n) is 9.00. The summed E-state index contributed by atoms with van der Waals surface area (Å²) in [6.07, 6.45) is 7.28. The Morgan fingerprint density at radius 1 is 1.09 bits per heavy atom. The highest BCUT2D eigenvalue weighted by atomic mass is 16.3. The van der Waals surface area contributed by atoms with Crippen LogP contribution in [0.4, 0.5) is 0 Å². The van der Waals surface area contributed by atoms with Gasteiger partial charge in [-0.05, 0) is 57.5 Å². The summed E-state index contributed by atoms with van der Waals surface area (Å²) in [5, 5.41) is 9.47. The van der Waals surface area contributed by atoms with Crippen LogP contribution in [0.25, 0.3) is 0 Å². The summed E-state index contributed by atoms with van der Waals surface area (Å²) >= 11 is 0. The van der Waals surface area contributed by atoms with Crippen molar-refractivity contribution in [3.63, 3.8) is 0 Å². The molecule has 3 fully saturated rings. The highest BCUT2D eigenvalue weighted by molar-refractivity contribution is 5.78. The van der Waals surface area contributed by atoms with Gasteiger partial charge in [0, 0.05) is 32.2 Å². The Kier molecular flexibility index (Phi) is 5.37. The quantitative estimate of drug-likeness (QED) is 0.755. The summed E-state index contributed by atoms with van der Waals surface area (Å²) in [5.41, 5.74) is 0. The van der Waals surface area contributed by atoms with Crippen LogP contribution in [0.15, 0.2) is 0 Å². The Morgan fingerprint density at radius 3 is 2.45 bits per heavy atom. The minimum atomic E-state index is 0.274. The van der Waals surface area contributed by atoms with Crippen LogP contribution in [-0.2, 0) is 4.79 Å². The highest BCUT2D eigenvalue weighted by Gasteiger charge is 2.33. The molecule has 2 atom stereocenters. The molecule has 0 aromatic carbocycles. The number of amides is 1. The molecule has 5 nitrogen and oxygen atoms in total. The SMILES string of the molecule is CN(CC1CC1)C(=O)CN1CCCC1CN1CCCC1CO. The third-order valence-corrected chi connectivity index (χ3v) is 5.65. The van der Waals surface area contributed by atoms with E-state index in [9.17, 15) is 9.90 Å². The average molecular weight is 309 g/mol. The van der Waals surface area contributed by atoms with Gasteiger partial charge in [-0.2, -0.15) is 0 Å². The predicted molar refractivity (Wildman–Crippen MR) is 86.6 cm³/mol. The maximum atomic E-state index is 12.4. The maximum Gasteiger partial charge on any atom is 0.236 e. The standard InChI is InChI=1S/C17H31N3O2/c1-18(10-14-6-7-14)17(22)12-20-9-2-4-15(20)11-19-8-3-5-16(19)13-21/h14-16,21H,2-13H2,1H3. The molecule has 3 rings (SSSR count). The van der Waals surface area contributed by atoms with Crippen LogP contribution in [0.3, 0.4) is 0 Å². The Morgan fingerprint density at radius 2 is 1.77 bits per heavy atom. The zero-order valence-electron chi connectivity index (χ0n) is 13.9.